The Morgan fingerprint density at radius 3 is 2.08 bits per heavy atom. The fraction of sp³-hybridized carbons (Fsp3) is 0.0909. The normalized spacial score (nSPS) is 14.7. The van der Waals surface area contributed by atoms with Crippen LogP contribution in [0.25, 0.3) is 11.6 Å². The van der Waals surface area contributed by atoms with E-state index in [-0.39, 0.29) is 30.7 Å². The molecule has 0 radical (unpaired) electrons. The SMILES string of the molecule is [Cl-].[Cl-].[Ti+2][O]Cc1ccccc1C1C(c2ccccc2)=Cc2ccccc21. The molecule has 0 amide bonds. The van der Waals surface area contributed by atoms with E-state index < -0.39 is 0 Å². The third-order valence-corrected chi connectivity index (χ3v) is 4.86. The number of halogens is 2. The molecule has 0 N–H and O–H groups in total. The van der Waals surface area contributed by atoms with Crippen molar-refractivity contribution in [2.75, 3.05) is 0 Å². The van der Waals surface area contributed by atoms with E-state index in [1.54, 1.807) is 20.8 Å². The maximum absolute atomic E-state index is 5.44. The summed E-state index contributed by atoms with van der Waals surface area (Å²) in [6, 6.07) is 28.0. The molecule has 3 aromatic carbocycles. The van der Waals surface area contributed by atoms with Crippen LogP contribution in [0.15, 0.2) is 78.9 Å². The van der Waals surface area contributed by atoms with E-state index in [1.165, 1.54) is 33.4 Å². The molecule has 0 bridgehead atoms. The van der Waals surface area contributed by atoms with Crippen molar-refractivity contribution in [2.24, 2.45) is 0 Å². The van der Waals surface area contributed by atoms with Gasteiger partial charge in [0.05, 0.1) is 0 Å². The van der Waals surface area contributed by atoms with E-state index in [9.17, 15) is 0 Å². The van der Waals surface area contributed by atoms with Gasteiger partial charge < -0.3 is 24.8 Å². The first-order valence-electron chi connectivity index (χ1n) is 8.11. The molecule has 1 aliphatic carbocycles. The molecule has 0 aliphatic heterocycles. The molecular formula is C22H17Cl2OTi. The molecule has 0 fully saturated rings. The summed E-state index contributed by atoms with van der Waals surface area (Å²) in [6.07, 6.45) is 2.33. The molecule has 1 nitrogen and oxygen atoms in total. The zero-order valence-electron chi connectivity index (χ0n) is 14.0. The number of rotatable bonds is 4. The number of hydrogen-bond donors (Lipinski definition) is 0. The molecule has 1 unspecified atom stereocenters. The van der Waals surface area contributed by atoms with Crippen LogP contribution in [0.3, 0.4) is 0 Å². The summed E-state index contributed by atoms with van der Waals surface area (Å²) in [6.45, 7) is 0.636. The average Bonchev–Trinajstić information content (AvgIpc) is 3.03. The Hall–Kier alpha value is -1.35. The first kappa shape index (κ1) is 21.0. The Balaban J connectivity index is 0.00000121. The van der Waals surface area contributed by atoms with Gasteiger partial charge in [0.1, 0.15) is 0 Å². The van der Waals surface area contributed by atoms with Gasteiger partial charge >= 0.3 is 155 Å². The fourth-order valence-corrected chi connectivity index (χ4v) is 3.81. The van der Waals surface area contributed by atoms with Gasteiger partial charge in [0.15, 0.2) is 0 Å². The molecular weight excluding hydrogens is 399 g/mol. The van der Waals surface area contributed by atoms with Crippen LogP contribution in [0.2, 0.25) is 0 Å². The Morgan fingerprint density at radius 2 is 1.35 bits per heavy atom. The molecule has 4 rings (SSSR count). The van der Waals surface area contributed by atoms with E-state index >= 15 is 0 Å². The molecule has 3 aromatic rings. The fourth-order valence-electron chi connectivity index (χ4n) is 3.56. The predicted octanol–water partition coefficient (Wildman–Crippen LogP) is -0.641. The van der Waals surface area contributed by atoms with Gasteiger partial charge in [-0.1, -0.05) is 0 Å². The van der Waals surface area contributed by atoms with E-state index in [0.29, 0.717) is 6.61 Å². The summed E-state index contributed by atoms with van der Waals surface area (Å²) in [5.74, 6) is 0.259. The zero-order valence-corrected chi connectivity index (χ0v) is 17.1. The van der Waals surface area contributed by atoms with Crippen molar-refractivity contribution < 1.29 is 49.0 Å². The maximum atomic E-state index is 5.44. The van der Waals surface area contributed by atoms with Crippen molar-refractivity contribution in [3.63, 3.8) is 0 Å². The molecule has 0 aromatic heterocycles. The number of allylic oxidation sites excluding steroid dienone is 1. The minimum absolute atomic E-state index is 0. The summed E-state index contributed by atoms with van der Waals surface area (Å²) in [5.41, 5.74) is 7.92. The topological polar surface area (TPSA) is 9.23 Å². The van der Waals surface area contributed by atoms with Gasteiger partial charge in [-0.2, -0.15) is 0 Å². The van der Waals surface area contributed by atoms with Gasteiger partial charge in [0.25, 0.3) is 0 Å². The van der Waals surface area contributed by atoms with Gasteiger partial charge in [-0.25, -0.2) is 0 Å². The van der Waals surface area contributed by atoms with Crippen LogP contribution in [-0.4, -0.2) is 0 Å². The van der Waals surface area contributed by atoms with Gasteiger partial charge in [0, 0.05) is 0 Å². The van der Waals surface area contributed by atoms with Crippen molar-refractivity contribution in [3.8, 4) is 0 Å². The summed E-state index contributed by atoms with van der Waals surface area (Å²) in [7, 11) is 0. The summed E-state index contributed by atoms with van der Waals surface area (Å²) in [4.78, 5) is 0. The summed E-state index contributed by atoms with van der Waals surface area (Å²) < 4.78 is 5.44. The van der Waals surface area contributed by atoms with Crippen LogP contribution < -0.4 is 24.8 Å². The van der Waals surface area contributed by atoms with Crippen LogP contribution in [0.5, 0.6) is 0 Å². The van der Waals surface area contributed by atoms with Crippen molar-refractivity contribution in [1.29, 1.82) is 0 Å². The predicted molar refractivity (Wildman–Crippen MR) is 93.8 cm³/mol. The Bertz CT molecular complexity index is 893. The van der Waals surface area contributed by atoms with Gasteiger partial charge in [-0.05, 0) is 0 Å². The quantitative estimate of drug-likeness (QED) is 0.515. The third kappa shape index (κ3) is 3.98. The van der Waals surface area contributed by atoms with Gasteiger partial charge in [0.2, 0.25) is 0 Å². The Kier molecular flexibility index (Phi) is 7.70. The molecule has 0 saturated carbocycles. The van der Waals surface area contributed by atoms with Crippen molar-refractivity contribution in [2.45, 2.75) is 12.5 Å². The second kappa shape index (κ2) is 9.55. The molecule has 0 spiro atoms. The minimum atomic E-state index is 0. The Labute approximate surface area is 179 Å². The molecule has 4 heteroatoms. The first-order chi connectivity index (χ1) is 11.9. The van der Waals surface area contributed by atoms with Crippen LogP contribution in [0.1, 0.15) is 33.7 Å². The molecule has 26 heavy (non-hydrogen) atoms. The molecule has 129 valence electrons. The number of benzene rings is 3. The van der Waals surface area contributed by atoms with Crippen LogP contribution >= 0.6 is 0 Å². The molecule has 1 aliphatic rings. The molecule has 1 atom stereocenters. The third-order valence-electron chi connectivity index (χ3n) is 4.63. The summed E-state index contributed by atoms with van der Waals surface area (Å²) in [5, 5.41) is 0. The second-order valence-electron chi connectivity index (χ2n) is 6.02. The van der Waals surface area contributed by atoms with E-state index in [2.05, 4.69) is 84.9 Å². The number of hydrogen-bond acceptors (Lipinski definition) is 1. The van der Waals surface area contributed by atoms with Crippen LogP contribution in [0.4, 0.5) is 0 Å². The van der Waals surface area contributed by atoms with Crippen molar-refractivity contribution >= 4 is 11.6 Å². The molecule has 0 saturated heterocycles. The van der Waals surface area contributed by atoms with E-state index in [1.807, 2.05) is 0 Å². The van der Waals surface area contributed by atoms with Crippen LogP contribution in [0, 0.1) is 0 Å². The number of fused-ring (bicyclic) bond motifs is 1. The van der Waals surface area contributed by atoms with Gasteiger partial charge in [-0.15, -0.1) is 0 Å². The van der Waals surface area contributed by atoms with Crippen molar-refractivity contribution in [1.82, 2.24) is 0 Å². The first-order valence-corrected chi connectivity index (χ1v) is 8.74. The van der Waals surface area contributed by atoms with Crippen LogP contribution in [-0.2, 0) is 30.7 Å². The Morgan fingerprint density at radius 1 is 0.731 bits per heavy atom. The van der Waals surface area contributed by atoms with Gasteiger partial charge in [-0.3, -0.25) is 0 Å². The molecule has 0 heterocycles. The standard InChI is InChI=1S/C22H17O.2ClH.Ti/c23-15-18-11-5-7-13-20(18)22-19-12-6-4-10-17(19)14-21(22)16-8-2-1-3-9-16;;;/h1-14,22H,15H2;2*1H;/q-1;;;+3/p-2. The van der Waals surface area contributed by atoms with E-state index in [0.717, 1.165) is 0 Å². The summed E-state index contributed by atoms with van der Waals surface area (Å²) >= 11 is 1.76. The zero-order chi connectivity index (χ0) is 16.4. The van der Waals surface area contributed by atoms with E-state index in [4.69, 9.17) is 3.32 Å². The monoisotopic (exact) mass is 415 g/mol. The van der Waals surface area contributed by atoms with Crippen molar-refractivity contribution in [3.05, 3.63) is 107 Å². The average molecular weight is 416 g/mol. The second-order valence-corrected chi connectivity index (χ2v) is 6.47.